The van der Waals surface area contributed by atoms with Crippen molar-refractivity contribution in [2.75, 3.05) is 18.4 Å². The Bertz CT molecular complexity index is 628. The van der Waals surface area contributed by atoms with Crippen LogP contribution in [0.3, 0.4) is 0 Å². The first-order chi connectivity index (χ1) is 12.0. The Kier molecular flexibility index (Phi) is 5.46. The van der Waals surface area contributed by atoms with Crippen molar-refractivity contribution >= 4 is 17.7 Å². The summed E-state index contributed by atoms with van der Waals surface area (Å²) in [7, 11) is 0. The van der Waals surface area contributed by atoms with E-state index < -0.39 is 11.9 Å². The molecule has 6 nitrogen and oxygen atoms in total. The van der Waals surface area contributed by atoms with Gasteiger partial charge in [0.15, 0.2) is 0 Å². The molecule has 1 aromatic carbocycles. The Balaban J connectivity index is 1.61. The number of aliphatic carboxylic acids is 1. The summed E-state index contributed by atoms with van der Waals surface area (Å²) in [6, 6.07) is 7.16. The number of carbonyl (C=O) groups is 2. The van der Waals surface area contributed by atoms with Gasteiger partial charge in [-0.05, 0) is 50.2 Å². The quantitative estimate of drug-likeness (QED) is 0.873. The molecule has 3 rings (SSSR count). The van der Waals surface area contributed by atoms with Gasteiger partial charge in [0, 0.05) is 24.8 Å². The van der Waals surface area contributed by atoms with Gasteiger partial charge in [0.05, 0.1) is 12.0 Å². The number of anilines is 1. The molecular formula is C19H26N2O4. The van der Waals surface area contributed by atoms with Crippen LogP contribution in [0.2, 0.25) is 0 Å². The average molecular weight is 346 g/mol. The Morgan fingerprint density at radius 2 is 2.00 bits per heavy atom. The number of likely N-dealkylation sites (tertiary alicyclic amines) is 1. The summed E-state index contributed by atoms with van der Waals surface area (Å²) in [6.07, 6.45) is 5.46. The Morgan fingerprint density at radius 3 is 2.72 bits per heavy atom. The Labute approximate surface area is 148 Å². The molecule has 2 atom stereocenters. The van der Waals surface area contributed by atoms with Crippen molar-refractivity contribution in [3.63, 3.8) is 0 Å². The third kappa shape index (κ3) is 4.65. The summed E-state index contributed by atoms with van der Waals surface area (Å²) >= 11 is 0. The van der Waals surface area contributed by atoms with Gasteiger partial charge >= 0.3 is 12.0 Å². The van der Waals surface area contributed by atoms with Crippen molar-refractivity contribution in [1.29, 1.82) is 0 Å². The van der Waals surface area contributed by atoms with Crippen molar-refractivity contribution in [2.45, 2.75) is 45.1 Å². The van der Waals surface area contributed by atoms with Gasteiger partial charge in [0.1, 0.15) is 5.75 Å². The molecule has 2 aliphatic rings. The molecule has 2 unspecified atom stereocenters. The van der Waals surface area contributed by atoms with Crippen LogP contribution in [-0.2, 0) is 4.79 Å². The third-order valence-corrected chi connectivity index (χ3v) is 4.99. The van der Waals surface area contributed by atoms with Crippen LogP contribution in [0, 0.1) is 11.8 Å². The number of carboxylic acids is 1. The van der Waals surface area contributed by atoms with E-state index in [2.05, 4.69) is 5.32 Å². The maximum atomic E-state index is 12.5. The second kappa shape index (κ2) is 7.76. The van der Waals surface area contributed by atoms with E-state index in [1.54, 1.807) is 4.90 Å². The smallest absolute Gasteiger partial charge is 0.321 e. The fourth-order valence-corrected chi connectivity index (χ4v) is 3.74. The number of piperidine rings is 1. The van der Waals surface area contributed by atoms with Crippen molar-refractivity contribution in [3.8, 4) is 5.75 Å². The molecular weight excluding hydrogens is 320 g/mol. The highest BCUT2D eigenvalue weighted by atomic mass is 16.5. The number of nitrogens with one attached hydrogen (secondary N) is 1. The van der Waals surface area contributed by atoms with E-state index in [1.165, 1.54) is 12.8 Å². The lowest BCUT2D eigenvalue weighted by Gasteiger charge is -2.34. The topological polar surface area (TPSA) is 78.9 Å². The average Bonchev–Trinajstić information content (AvgIpc) is 3.07. The molecule has 0 bridgehead atoms. The highest BCUT2D eigenvalue weighted by molar-refractivity contribution is 5.90. The second-order valence-corrected chi connectivity index (χ2v) is 7.26. The van der Waals surface area contributed by atoms with E-state index in [0.29, 0.717) is 18.7 Å². The number of carbonyl (C=O) groups excluding carboxylic acids is 1. The Hall–Kier alpha value is -2.24. The van der Waals surface area contributed by atoms with Crippen LogP contribution in [0.5, 0.6) is 5.75 Å². The van der Waals surface area contributed by atoms with Gasteiger partial charge in [-0.3, -0.25) is 4.79 Å². The molecule has 6 heteroatoms. The summed E-state index contributed by atoms with van der Waals surface area (Å²) < 4.78 is 5.97. The Morgan fingerprint density at radius 1 is 1.24 bits per heavy atom. The summed E-state index contributed by atoms with van der Waals surface area (Å²) in [6.45, 7) is 2.81. The van der Waals surface area contributed by atoms with E-state index in [-0.39, 0.29) is 24.6 Å². The normalized spacial score (nSPS) is 24.1. The van der Waals surface area contributed by atoms with Crippen LogP contribution >= 0.6 is 0 Å². The number of urea groups is 1. The molecule has 0 radical (unpaired) electrons. The van der Waals surface area contributed by atoms with Gasteiger partial charge in [0.2, 0.25) is 0 Å². The van der Waals surface area contributed by atoms with E-state index in [1.807, 2.05) is 31.2 Å². The van der Waals surface area contributed by atoms with Gasteiger partial charge in [-0.25, -0.2) is 4.79 Å². The molecule has 25 heavy (non-hydrogen) atoms. The van der Waals surface area contributed by atoms with Crippen LogP contribution in [0.15, 0.2) is 24.3 Å². The molecule has 0 aromatic heterocycles. The first-order valence-corrected chi connectivity index (χ1v) is 9.06. The first kappa shape index (κ1) is 17.6. The van der Waals surface area contributed by atoms with E-state index in [9.17, 15) is 14.7 Å². The van der Waals surface area contributed by atoms with Gasteiger partial charge in [-0.1, -0.05) is 13.0 Å². The number of hydrogen-bond acceptors (Lipinski definition) is 3. The van der Waals surface area contributed by atoms with E-state index >= 15 is 0 Å². The van der Waals surface area contributed by atoms with Crippen molar-refractivity contribution in [1.82, 2.24) is 4.90 Å². The summed E-state index contributed by atoms with van der Waals surface area (Å²) in [5.74, 6) is -0.388. The fourth-order valence-electron chi connectivity index (χ4n) is 3.74. The maximum Gasteiger partial charge on any atom is 0.321 e. The molecule has 1 heterocycles. The zero-order valence-electron chi connectivity index (χ0n) is 14.6. The molecule has 0 spiro atoms. The molecule has 2 fully saturated rings. The minimum atomic E-state index is -0.837. The van der Waals surface area contributed by atoms with Crippen LogP contribution in [0.25, 0.3) is 0 Å². The molecule has 2 amide bonds. The minimum Gasteiger partial charge on any atom is -0.490 e. The van der Waals surface area contributed by atoms with Crippen LogP contribution in [-0.4, -0.2) is 41.2 Å². The largest absolute Gasteiger partial charge is 0.490 e. The van der Waals surface area contributed by atoms with Crippen molar-refractivity contribution < 1.29 is 19.4 Å². The predicted molar refractivity (Wildman–Crippen MR) is 94.8 cm³/mol. The number of amides is 2. The highest BCUT2D eigenvalue weighted by Crippen LogP contribution is 2.26. The van der Waals surface area contributed by atoms with Gasteiger partial charge in [-0.2, -0.15) is 0 Å². The van der Waals surface area contributed by atoms with Gasteiger partial charge in [0.25, 0.3) is 0 Å². The summed E-state index contributed by atoms with van der Waals surface area (Å²) in [5.41, 5.74) is 0.672. The molecule has 2 N–H and O–H groups in total. The maximum absolute atomic E-state index is 12.5. The predicted octanol–water partition coefficient (Wildman–Crippen LogP) is 3.58. The lowest BCUT2D eigenvalue weighted by atomic mass is 9.91. The standard InChI is InChI=1S/C19H26N2O4/c1-13-9-14(18(22)23)12-21(11-13)19(24)20-15-5-4-8-17(10-15)25-16-6-2-3-7-16/h4-5,8,10,13-14,16H,2-3,6-7,9,11-12H2,1H3,(H,20,24)(H,22,23). The van der Waals surface area contributed by atoms with Gasteiger partial charge in [-0.15, -0.1) is 0 Å². The molecule has 136 valence electrons. The van der Waals surface area contributed by atoms with Gasteiger partial charge < -0.3 is 20.1 Å². The monoisotopic (exact) mass is 346 g/mol. The zero-order chi connectivity index (χ0) is 17.8. The minimum absolute atomic E-state index is 0.178. The van der Waals surface area contributed by atoms with Crippen molar-refractivity contribution in [3.05, 3.63) is 24.3 Å². The van der Waals surface area contributed by atoms with E-state index in [4.69, 9.17) is 4.74 Å². The molecule has 1 aliphatic carbocycles. The third-order valence-electron chi connectivity index (χ3n) is 4.99. The molecule has 1 aliphatic heterocycles. The number of rotatable bonds is 4. The fraction of sp³-hybridized carbons (Fsp3) is 0.579. The number of benzene rings is 1. The SMILES string of the molecule is CC1CC(C(=O)O)CN(C(=O)Nc2cccc(OC3CCCC3)c2)C1. The lowest BCUT2D eigenvalue weighted by molar-refractivity contribution is -0.143. The summed E-state index contributed by atoms with van der Waals surface area (Å²) in [5, 5.41) is 12.1. The van der Waals surface area contributed by atoms with E-state index in [0.717, 1.165) is 18.6 Å². The van der Waals surface area contributed by atoms with Crippen LogP contribution in [0.4, 0.5) is 10.5 Å². The number of carboxylic acid groups (broad SMARTS) is 1. The molecule has 1 saturated carbocycles. The van der Waals surface area contributed by atoms with Crippen LogP contribution in [0.1, 0.15) is 39.0 Å². The number of nitrogens with zero attached hydrogens (tertiary/aromatic N) is 1. The zero-order valence-corrected chi connectivity index (χ0v) is 14.6. The lowest BCUT2D eigenvalue weighted by Crippen LogP contribution is -2.47. The van der Waals surface area contributed by atoms with Crippen LogP contribution < -0.4 is 10.1 Å². The molecule has 1 saturated heterocycles. The number of ether oxygens (including phenoxy) is 1. The molecule has 1 aromatic rings. The highest BCUT2D eigenvalue weighted by Gasteiger charge is 2.31. The second-order valence-electron chi connectivity index (χ2n) is 7.26. The number of hydrogen-bond donors (Lipinski definition) is 2. The summed E-state index contributed by atoms with van der Waals surface area (Å²) in [4.78, 5) is 25.4. The van der Waals surface area contributed by atoms with Crippen molar-refractivity contribution in [2.24, 2.45) is 11.8 Å². The first-order valence-electron chi connectivity index (χ1n) is 9.06.